The summed E-state index contributed by atoms with van der Waals surface area (Å²) in [7, 11) is 0. The molecule has 26 heavy (non-hydrogen) atoms. The molecule has 0 aliphatic carbocycles. The van der Waals surface area contributed by atoms with Gasteiger partial charge in [0.25, 0.3) is 0 Å². The standard InChI is InChI=1S/C18H25ClFN5S/c1-3-24(4-2)9-5-8-21-18(26)23-16-11-22-25(13-16)12-14-6-7-15(20)10-17(14)19/h6-7,10-11,13H,3-5,8-9,12H2,1-2H3,(H2,21,23,26). The number of anilines is 1. The maximum Gasteiger partial charge on any atom is 0.170 e. The number of hydrogen-bond donors (Lipinski definition) is 2. The highest BCUT2D eigenvalue weighted by molar-refractivity contribution is 7.80. The average Bonchev–Trinajstić information content (AvgIpc) is 3.04. The first-order chi connectivity index (χ1) is 12.5. The summed E-state index contributed by atoms with van der Waals surface area (Å²) in [5.41, 5.74) is 1.60. The van der Waals surface area contributed by atoms with E-state index in [1.165, 1.54) is 12.1 Å². The van der Waals surface area contributed by atoms with Gasteiger partial charge in [-0.25, -0.2) is 4.39 Å². The molecule has 2 N–H and O–H groups in total. The van der Waals surface area contributed by atoms with Gasteiger partial charge in [0.2, 0.25) is 0 Å². The Balaban J connectivity index is 1.77. The molecule has 1 heterocycles. The van der Waals surface area contributed by atoms with Crippen molar-refractivity contribution in [2.24, 2.45) is 0 Å². The van der Waals surface area contributed by atoms with E-state index < -0.39 is 0 Å². The zero-order chi connectivity index (χ0) is 18.9. The maximum absolute atomic E-state index is 13.1. The third-order valence-electron chi connectivity index (χ3n) is 4.07. The molecule has 0 spiro atoms. The van der Waals surface area contributed by atoms with Gasteiger partial charge in [0.1, 0.15) is 5.82 Å². The van der Waals surface area contributed by atoms with E-state index >= 15 is 0 Å². The van der Waals surface area contributed by atoms with E-state index in [2.05, 4.69) is 34.5 Å². The fourth-order valence-corrected chi connectivity index (χ4v) is 3.01. The van der Waals surface area contributed by atoms with Crippen LogP contribution in [-0.2, 0) is 6.54 Å². The quantitative estimate of drug-likeness (QED) is 0.498. The van der Waals surface area contributed by atoms with Crippen molar-refractivity contribution in [3.63, 3.8) is 0 Å². The summed E-state index contributed by atoms with van der Waals surface area (Å²) in [5.74, 6) is -0.348. The van der Waals surface area contributed by atoms with E-state index in [-0.39, 0.29) is 5.82 Å². The number of rotatable bonds is 9. The molecule has 0 aliphatic rings. The van der Waals surface area contributed by atoms with Crippen LogP contribution in [0.25, 0.3) is 0 Å². The predicted molar refractivity (Wildman–Crippen MR) is 109 cm³/mol. The third-order valence-corrected chi connectivity index (χ3v) is 4.67. The summed E-state index contributed by atoms with van der Waals surface area (Å²) >= 11 is 11.4. The van der Waals surface area contributed by atoms with E-state index in [1.807, 2.05) is 6.20 Å². The Labute approximate surface area is 164 Å². The van der Waals surface area contributed by atoms with Gasteiger partial charge in [-0.15, -0.1) is 0 Å². The van der Waals surface area contributed by atoms with E-state index in [4.69, 9.17) is 23.8 Å². The van der Waals surface area contributed by atoms with Gasteiger partial charge in [0.05, 0.1) is 18.4 Å². The van der Waals surface area contributed by atoms with E-state index in [1.54, 1.807) is 16.9 Å². The highest BCUT2D eigenvalue weighted by Crippen LogP contribution is 2.18. The minimum Gasteiger partial charge on any atom is -0.362 e. The smallest absolute Gasteiger partial charge is 0.170 e. The number of nitrogens with one attached hydrogen (secondary N) is 2. The van der Waals surface area contributed by atoms with E-state index in [0.29, 0.717) is 16.7 Å². The minimum absolute atomic E-state index is 0.348. The summed E-state index contributed by atoms with van der Waals surface area (Å²) in [4.78, 5) is 2.38. The van der Waals surface area contributed by atoms with Gasteiger partial charge >= 0.3 is 0 Å². The highest BCUT2D eigenvalue weighted by Gasteiger charge is 2.06. The van der Waals surface area contributed by atoms with Gasteiger partial charge in [-0.05, 0) is 56.0 Å². The van der Waals surface area contributed by atoms with Crippen LogP contribution in [0.1, 0.15) is 25.8 Å². The van der Waals surface area contributed by atoms with Crippen molar-refractivity contribution in [3.8, 4) is 0 Å². The van der Waals surface area contributed by atoms with Gasteiger partial charge in [-0.2, -0.15) is 5.10 Å². The van der Waals surface area contributed by atoms with Crippen LogP contribution < -0.4 is 10.6 Å². The normalized spacial score (nSPS) is 11.0. The van der Waals surface area contributed by atoms with Crippen LogP contribution in [0.3, 0.4) is 0 Å². The third kappa shape index (κ3) is 6.55. The molecule has 0 saturated heterocycles. The number of aromatic nitrogens is 2. The average molecular weight is 398 g/mol. The second-order valence-corrected chi connectivity index (χ2v) is 6.74. The lowest BCUT2D eigenvalue weighted by atomic mass is 10.2. The molecule has 0 amide bonds. The molecule has 5 nitrogen and oxygen atoms in total. The molecule has 142 valence electrons. The second kappa shape index (κ2) is 10.4. The molecule has 0 unspecified atom stereocenters. The van der Waals surface area contributed by atoms with Crippen LogP contribution in [0.15, 0.2) is 30.6 Å². The van der Waals surface area contributed by atoms with Gasteiger partial charge in [-0.3, -0.25) is 4.68 Å². The molecule has 0 radical (unpaired) electrons. The van der Waals surface area contributed by atoms with Crippen molar-refractivity contribution in [2.45, 2.75) is 26.8 Å². The first-order valence-electron chi connectivity index (χ1n) is 8.75. The molecule has 1 aromatic carbocycles. The summed E-state index contributed by atoms with van der Waals surface area (Å²) in [6, 6.07) is 4.35. The van der Waals surface area contributed by atoms with Crippen molar-refractivity contribution in [2.75, 3.05) is 31.5 Å². The van der Waals surface area contributed by atoms with Crippen molar-refractivity contribution >= 4 is 34.6 Å². The van der Waals surface area contributed by atoms with Crippen LogP contribution in [0.5, 0.6) is 0 Å². The Morgan fingerprint density at radius 2 is 2.12 bits per heavy atom. The SMILES string of the molecule is CCN(CC)CCCNC(=S)Nc1cnn(Cc2ccc(F)cc2Cl)c1. The molecule has 0 fully saturated rings. The van der Waals surface area contributed by atoms with Crippen molar-refractivity contribution < 1.29 is 4.39 Å². The maximum atomic E-state index is 13.1. The lowest BCUT2D eigenvalue weighted by Gasteiger charge is -2.18. The van der Waals surface area contributed by atoms with E-state index in [9.17, 15) is 4.39 Å². The van der Waals surface area contributed by atoms with Gasteiger partial charge in [0.15, 0.2) is 5.11 Å². The fourth-order valence-electron chi connectivity index (χ4n) is 2.56. The Hall–Kier alpha value is -1.70. The molecule has 2 aromatic rings. The molecule has 0 aliphatic heterocycles. The summed E-state index contributed by atoms with van der Waals surface area (Å²) < 4.78 is 14.8. The molecule has 0 atom stereocenters. The van der Waals surface area contributed by atoms with Crippen LogP contribution in [-0.4, -0.2) is 46.0 Å². The largest absolute Gasteiger partial charge is 0.362 e. The highest BCUT2D eigenvalue weighted by atomic mass is 35.5. The van der Waals surface area contributed by atoms with Crippen LogP contribution >= 0.6 is 23.8 Å². The topological polar surface area (TPSA) is 45.1 Å². The molecular formula is C18H25ClFN5S. The Morgan fingerprint density at radius 1 is 1.35 bits per heavy atom. The van der Waals surface area contributed by atoms with Gasteiger partial charge in [-0.1, -0.05) is 31.5 Å². The van der Waals surface area contributed by atoms with Crippen LogP contribution in [0.4, 0.5) is 10.1 Å². The number of nitrogens with zero attached hydrogens (tertiary/aromatic N) is 3. The first-order valence-corrected chi connectivity index (χ1v) is 9.54. The van der Waals surface area contributed by atoms with E-state index in [0.717, 1.165) is 43.9 Å². The van der Waals surface area contributed by atoms with Crippen LogP contribution in [0.2, 0.25) is 5.02 Å². The summed E-state index contributed by atoms with van der Waals surface area (Å²) in [6.07, 6.45) is 4.57. The molecule has 8 heteroatoms. The number of thiocarbonyl (C=S) groups is 1. The monoisotopic (exact) mass is 397 g/mol. The number of halogens is 2. The first kappa shape index (κ1) is 20.6. The number of hydrogen-bond acceptors (Lipinski definition) is 3. The zero-order valence-corrected chi connectivity index (χ0v) is 16.7. The Morgan fingerprint density at radius 3 is 2.81 bits per heavy atom. The zero-order valence-electron chi connectivity index (χ0n) is 15.1. The van der Waals surface area contributed by atoms with Crippen molar-refractivity contribution in [1.29, 1.82) is 0 Å². The summed E-state index contributed by atoms with van der Waals surface area (Å²) in [5, 5.41) is 11.6. The molecule has 0 saturated carbocycles. The minimum atomic E-state index is -0.348. The molecule has 0 bridgehead atoms. The predicted octanol–water partition coefficient (Wildman–Crippen LogP) is 3.74. The molecular weight excluding hydrogens is 373 g/mol. The Bertz CT molecular complexity index is 717. The Kier molecular flexibility index (Phi) is 8.28. The lowest BCUT2D eigenvalue weighted by molar-refractivity contribution is 0.300. The molecule has 2 rings (SSSR count). The summed E-state index contributed by atoms with van der Waals surface area (Å²) in [6.45, 7) is 8.80. The molecule has 1 aromatic heterocycles. The van der Waals surface area contributed by atoms with Gasteiger partial charge < -0.3 is 15.5 Å². The van der Waals surface area contributed by atoms with Crippen molar-refractivity contribution in [1.82, 2.24) is 20.0 Å². The van der Waals surface area contributed by atoms with Crippen LogP contribution in [0, 0.1) is 5.82 Å². The second-order valence-electron chi connectivity index (χ2n) is 5.92. The van der Waals surface area contributed by atoms with Gasteiger partial charge in [0, 0.05) is 17.8 Å². The fraction of sp³-hybridized carbons (Fsp3) is 0.444. The number of benzene rings is 1. The lowest BCUT2D eigenvalue weighted by Crippen LogP contribution is -2.32. The van der Waals surface area contributed by atoms with Crippen molar-refractivity contribution in [3.05, 3.63) is 47.0 Å².